The summed E-state index contributed by atoms with van der Waals surface area (Å²) in [6.07, 6.45) is 88.4. The molecule has 0 spiro atoms. The SMILES string of the molecule is CC/C=C\C/C=C\C/C=C\C/C=C\C/C=C\C/C=C\CCCCCCC(=O)OCC(COC(=O)CCCCCCC/C=C\C/C=C\CCCCC)OC(=O)CCCCCCCCCCCCCCCCCCCCCCCC. The molecule has 0 aliphatic carbocycles. The van der Waals surface area contributed by atoms with Crippen molar-refractivity contribution in [2.75, 3.05) is 13.2 Å². The molecule has 0 bridgehead atoms. The summed E-state index contributed by atoms with van der Waals surface area (Å²) in [7, 11) is 0. The summed E-state index contributed by atoms with van der Waals surface area (Å²) in [5, 5.41) is 0. The van der Waals surface area contributed by atoms with Gasteiger partial charge in [0.2, 0.25) is 0 Å². The maximum absolute atomic E-state index is 12.9. The van der Waals surface area contributed by atoms with Gasteiger partial charge in [-0.1, -0.05) is 298 Å². The molecule has 0 fully saturated rings. The number of hydrogen-bond donors (Lipinski definition) is 0. The number of esters is 3. The molecule has 0 saturated heterocycles. The minimum absolute atomic E-state index is 0.0912. The lowest BCUT2D eigenvalue weighted by Gasteiger charge is -2.18. The van der Waals surface area contributed by atoms with Crippen LogP contribution in [0.3, 0.4) is 0 Å². The van der Waals surface area contributed by atoms with Crippen LogP contribution in [0.4, 0.5) is 0 Å². The van der Waals surface area contributed by atoms with Crippen LogP contribution >= 0.6 is 0 Å². The molecule has 1 atom stereocenters. The number of hydrogen-bond acceptors (Lipinski definition) is 6. The Balaban J connectivity index is 4.40. The van der Waals surface area contributed by atoms with Crippen molar-refractivity contribution in [3.63, 3.8) is 0 Å². The predicted molar refractivity (Wildman–Crippen MR) is 339 cm³/mol. The van der Waals surface area contributed by atoms with Crippen LogP contribution < -0.4 is 0 Å². The zero-order valence-electron chi connectivity index (χ0n) is 51.4. The van der Waals surface area contributed by atoms with Crippen LogP contribution in [0.25, 0.3) is 0 Å². The van der Waals surface area contributed by atoms with Gasteiger partial charge in [-0.2, -0.15) is 0 Å². The van der Waals surface area contributed by atoms with E-state index in [0.29, 0.717) is 19.3 Å². The maximum Gasteiger partial charge on any atom is 0.306 e. The van der Waals surface area contributed by atoms with Gasteiger partial charge in [-0.05, 0) is 103 Å². The molecule has 0 radical (unpaired) electrons. The van der Waals surface area contributed by atoms with E-state index in [-0.39, 0.29) is 31.1 Å². The van der Waals surface area contributed by atoms with Gasteiger partial charge in [-0.15, -0.1) is 0 Å². The second-order valence-corrected chi connectivity index (χ2v) is 22.0. The lowest BCUT2D eigenvalue weighted by Crippen LogP contribution is -2.30. The number of allylic oxidation sites excluding steroid dienone is 16. The fraction of sp³-hybridized carbons (Fsp3) is 0.736. The molecule has 0 heterocycles. The highest BCUT2D eigenvalue weighted by molar-refractivity contribution is 5.71. The van der Waals surface area contributed by atoms with Crippen LogP contribution in [0, 0.1) is 0 Å². The van der Waals surface area contributed by atoms with Crippen LogP contribution in [0.2, 0.25) is 0 Å². The fourth-order valence-corrected chi connectivity index (χ4v) is 9.36. The van der Waals surface area contributed by atoms with Gasteiger partial charge in [0.15, 0.2) is 6.10 Å². The number of carbonyl (C=O) groups excluding carboxylic acids is 3. The fourth-order valence-electron chi connectivity index (χ4n) is 9.36. The normalized spacial score (nSPS) is 12.7. The molecule has 6 nitrogen and oxygen atoms in total. The molecule has 0 aromatic rings. The van der Waals surface area contributed by atoms with Crippen LogP contribution in [0.15, 0.2) is 97.2 Å². The third-order valence-electron chi connectivity index (χ3n) is 14.3. The molecule has 1 unspecified atom stereocenters. The molecule has 6 heteroatoms. The number of carbonyl (C=O) groups is 3. The summed E-state index contributed by atoms with van der Waals surface area (Å²) in [4.78, 5) is 38.4. The zero-order valence-corrected chi connectivity index (χ0v) is 51.4. The van der Waals surface area contributed by atoms with E-state index in [1.807, 2.05) is 0 Å². The van der Waals surface area contributed by atoms with Crippen LogP contribution in [-0.2, 0) is 28.6 Å². The second kappa shape index (κ2) is 65.8. The largest absolute Gasteiger partial charge is 0.462 e. The first-order chi connectivity index (χ1) is 38.5. The number of unbranched alkanes of at least 4 members (excludes halogenated alkanes) is 33. The van der Waals surface area contributed by atoms with Crippen molar-refractivity contribution in [3.05, 3.63) is 97.2 Å². The summed E-state index contributed by atoms with van der Waals surface area (Å²) in [6.45, 7) is 6.51. The second-order valence-electron chi connectivity index (χ2n) is 22.0. The summed E-state index contributed by atoms with van der Waals surface area (Å²) in [5.74, 6) is -0.915. The van der Waals surface area contributed by atoms with E-state index in [2.05, 4.69) is 118 Å². The summed E-state index contributed by atoms with van der Waals surface area (Å²) < 4.78 is 16.9. The Labute approximate surface area is 483 Å². The van der Waals surface area contributed by atoms with E-state index in [1.54, 1.807) is 0 Å². The number of rotatable bonds is 60. The Hall–Kier alpha value is -3.67. The molecular weight excluding hydrogens is 961 g/mol. The smallest absolute Gasteiger partial charge is 0.306 e. The summed E-state index contributed by atoms with van der Waals surface area (Å²) in [5.41, 5.74) is 0. The van der Waals surface area contributed by atoms with Gasteiger partial charge >= 0.3 is 17.9 Å². The van der Waals surface area contributed by atoms with Gasteiger partial charge in [-0.25, -0.2) is 0 Å². The van der Waals surface area contributed by atoms with Gasteiger partial charge in [0.1, 0.15) is 13.2 Å². The van der Waals surface area contributed by atoms with Gasteiger partial charge in [-0.3, -0.25) is 14.4 Å². The average molecular weight is 1090 g/mol. The van der Waals surface area contributed by atoms with Crippen LogP contribution in [-0.4, -0.2) is 37.2 Å². The Morgan fingerprint density at radius 3 is 0.808 bits per heavy atom. The quantitative estimate of drug-likeness (QED) is 0.0261. The minimum Gasteiger partial charge on any atom is -0.462 e. The Morgan fingerprint density at radius 2 is 0.500 bits per heavy atom. The van der Waals surface area contributed by atoms with E-state index in [9.17, 15) is 14.4 Å². The third kappa shape index (κ3) is 63.2. The Morgan fingerprint density at radius 1 is 0.269 bits per heavy atom. The molecule has 0 rings (SSSR count). The highest BCUT2D eigenvalue weighted by atomic mass is 16.6. The van der Waals surface area contributed by atoms with E-state index >= 15 is 0 Å². The Bertz CT molecular complexity index is 1530. The molecule has 448 valence electrons. The molecule has 0 aliphatic heterocycles. The summed E-state index contributed by atoms with van der Waals surface area (Å²) in [6, 6.07) is 0. The summed E-state index contributed by atoms with van der Waals surface area (Å²) >= 11 is 0. The zero-order chi connectivity index (χ0) is 56.4. The molecule has 0 aromatic heterocycles. The van der Waals surface area contributed by atoms with Crippen molar-refractivity contribution >= 4 is 17.9 Å². The van der Waals surface area contributed by atoms with Crippen molar-refractivity contribution in [1.29, 1.82) is 0 Å². The van der Waals surface area contributed by atoms with Crippen molar-refractivity contribution in [3.8, 4) is 0 Å². The standard InChI is InChI=1S/C72H124O6/c1-4-7-10-13-16-19-22-25-28-30-32-34-36-38-39-41-44-47-50-53-56-59-62-65-71(74)77-68-69(67-76-70(73)64-61-58-55-52-49-46-43-27-24-21-18-15-12-9-6-3)78-72(75)66-63-60-57-54-51-48-45-42-40-37-35-33-31-29-26-23-20-17-14-11-8-5-2/h7,10,16,18-19,21,25,27-28,32,34,38-39,43-44,47,69H,4-6,8-9,11-15,17,20,22-24,26,29-31,33,35-37,40-42,45-46,48-68H2,1-3H3/b10-7-,19-16-,21-18-,28-25-,34-32-,39-38-,43-27-,47-44-. The van der Waals surface area contributed by atoms with Gasteiger partial charge < -0.3 is 14.2 Å². The van der Waals surface area contributed by atoms with E-state index in [1.165, 1.54) is 148 Å². The van der Waals surface area contributed by atoms with Crippen molar-refractivity contribution in [2.45, 2.75) is 329 Å². The minimum atomic E-state index is -0.795. The molecule has 0 aliphatic rings. The molecule has 0 aromatic carbocycles. The van der Waals surface area contributed by atoms with E-state index < -0.39 is 6.10 Å². The average Bonchev–Trinajstić information content (AvgIpc) is 3.44. The highest BCUT2D eigenvalue weighted by Gasteiger charge is 2.19. The Kier molecular flexibility index (Phi) is 62.7. The maximum atomic E-state index is 12.9. The first-order valence-electron chi connectivity index (χ1n) is 33.2. The van der Waals surface area contributed by atoms with Crippen molar-refractivity contribution < 1.29 is 28.6 Å². The van der Waals surface area contributed by atoms with E-state index in [0.717, 1.165) is 135 Å². The first kappa shape index (κ1) is 74.3. The van der Waals surface area contributed by atoms with Crippen LogP contribution in [0.5, 0.6) is 0 Å². The third-order valence-corrected chi connectivity index (χ3v) is 14.3. The lowest BCUT2D eigenvalue weighted by atomic mass is 10.0. The van der Waals surface area contributed by atoms with Crippen LogP contribution in [0.1, 0.15) is 323 Å². The van der Waals surface area contributed by atoms with E-state index in [4.69, 9.17) is 14.2 Å². The topological polar surface area (TPSA) is 78.9 Å². The molecule has 0 N–H and O–H groups in total. The molecule has 0 saturated carbocycles. The number of ether oxygens (including phenoxy) is 3. The van der Waals surface area contributed by atoms with Gasteiger partial charge in [0, 0.05) is 19.3 Å². The van der Waals surface area contributed by atoms with Crippen molar-refractivity contribution in [2.24, 2.45) is 0 Å². The highest BCUT2D eigenvalue weighted by Crippen LogP contribution is 2.17. The predicted octanol–water partition coefficient (Wildman–Crippen LogP) is 22.8. The first-order valence-corrected chi connectivity index (χ1v) is 33.2. The monoisotopic (exact) mass is 1080 g/mol. The van der Waals surface area contributed by atoms with Gasteiger partial charge in [0.25, 0.3) is 0 Å². The molecule has 0 amide bonds. The molecule has 78 heavy (non-hydrogen) atoms. The molecular formula is C72H124O6. The van der Waals surface area contributed by atoms with Crippen molar-refractivity contribution in [1.82, 2.24) is 0 Å². The van der Waals surface area contributed by atoms with Gasteiger partial charge in [0.05, 0.1) is 0 Å². The lowest BCUT2D eigenvalue weighted by molar-refractivity contribution is -0.167.